The quantitative estimate of drug-likeness (QED) is 0.592. The lowest BCUT2D eigenvalue weighted by Crippen LogP contribution is -2.26. The van der Waals surface area contributed by atoms with Gasteiger partial charge in [0.1, 0.15) is 0 Å². The van der Waals surface area contributed by atoms with Crippen LogP contribution in [-0.2, 0) is 0 Å². The predicted octanol–water partition coefficient (Wildman–Crippen LogP) is 0.873. The van der Waals surface area contributed by atoms with E-state index in [0.29, 0.717) is 5.75 Å². The summed E-state index contributed by atoms with van der Waals surface area (Å²) in [7, 11) is 0. The van der Waals surface area contributed by atoms with E-state index in [0.717, 1.165) is 12.2 Å². The van der Waals surface area contributed by atoms with Crippen molar-refractivity contribution in [2.45, 2.75) is 25.9 Å². The van der Waals surface area contributed by atoms with Gasteiger partial charge in [-0.25, -0.2) is 0 Å². The lowest BCUT2D eigenvalue weighted by Gasteiger charge is -2.19. The van der Waals surface area contributed by atoms with E-state index in [9.17, 15) is 5.11 Å². The zero-order valence-electron chi connectivity index (χ0n) is 6.63. The van der Waals surface area contributed by atoms with Gasteiger partial charge in [0.2, 0.25) is 0 Å². The molecule has 0 amide bonds. The molecule has 0 rings (SSSR count). The second-order valence-corrected chi connectivity index (χ2v) is 3.73. The molecule has 3 heteroatoms. The molecule has 0 aliphatic rings. The van der Waals surface area contributed by atoms with E-state index in [1.54, 1.807) is 11.8 Å². The van der Waals surface area contributed by atoms with Crippen LogP contribution in [0.2, 0.25) is 0 Å². The molecule has 0 aromatic heterocycles. The first-order valence-corrected chi connectivity index (χ1v) is 4.69. The van der Waals surface area contributed by atoms with Crippen LogP contribution in [-0.4, -0.2) is 33.9 Å². The van der Waals surface area contributed by atoms with Crippen molar-refractivity contribution in [3.8, 4) is 0 Å². The van der Waals surface area contributed by atoms with Crippen LogP contribution in [0.1, 0.15) is 20.3 Å². The fourth-order valence-corrected chi connectivity index (χ4v) is 1.38. The molecule has 62 valence electrons. The fraction of sp³-hybridized carbons (Fsp3) is 1.00. The molecule has 1 atom stereocenters. The van der Waals surface area contributed by atoms with E-state index in [1.165, 1.54) is 0 Å². The van der Waals surface area contributed by atoms with Gasteiger partial charge in [-0.2, -0.15) is 11.8 Å². The van der Waals surface area contributed by atoms with Crippen LogP contribution >= 0.6 is 11.8 Å². The average molecular weight is 164 g/mol. The molecule has 0 aliphatic carbocycles. The summed E-state index contributed by atoms with van der Waals surface area (Å²) in [6.07, 6.45) is 0.769. The van der Waals surface area contributed by atoms with Gasteiger partial charge < -0.3 is 10.2 Å². The van der Waals surface area contributed by atoms with Crippen molar-refractivity contribution in [2.75, 3.05) is 18.1 Å². The molecule has 0 fully saturated rings. The summed E-state index contributed by atoms with van der Waals surface area (Å²) in [6, 6.07) is 0. The predicted molar refractivity (Wildman–Crippen MR) is 45.3 cm³/mol. The summed E-state index contributed by atoms with van der Waals surface area (Å²) < 4.78 is 0. The second kappa shape index (κ2) is 4.99. The van der Waals surface area contributed by atoms with Crippen molar-refractivity contribution in [2.24, 2.45) is 0 Å². The first-order chi connectivity index (χ1) is 4.62. The van der Waals surface area contributed by atoms with Crippen molar-refractivity contribution in [3.63, 3.8) is 0 Å². The Morgan fingerprint density at radius 2 is 2.10 bits per heavy atom. The molecule has 0 saturated carbocycles. The topological polar surface area (TPSA) is 40.5 Å². The molecule has 0 aliphatic heterocycles. The highest BCUT2D eigenvalue weighted by Crippen LogP contribution is 2.15. The van der Waals surface area contributed by atoms with Crippen molar-refractivity contribution in [3.05, 3.63) is 0 Å². The van der Waals surface area contributed by atoms with Crippen LogP contribution in [0.4, 0.5) is 0 Å². The van der Waals surface area contributed by atoms with Gasteiger partial charge in [0, 0.05) is 11.5 Å². The van der Waals surface area contributed by atoms with Crippen LogP contribution in [0.3, 0.4) is 0 Å². The minimum Gasteiger partial charge on any atom is -0.396 e. The smallest absolute Gasteiger partial charge is 0.0707 e. The first kappa shape index (κ1) is 10.3. The number of thioether (sulfide) groups is 1. The number of hydrogen-bond donors (Lipinski definition) is 2. The molecular weight excluding hydrogens is 148 g/mol. The van der Waals surface area contributed by atoms with Gasteiger partial charge in [0.25, 0.3) is 0 Å². The Balaban J connectivity index is 3.28. The maximum atomic E-state index is 9.45. The molecule has 2 nitrogen and oxygen atoms in total. The Morgan fingerprint density at radius 3 is 2.50 bits per heavy atom. The fourth-order valence-electron chi connectivity index (χ4n) is 0.459. The van der Waals surface area contributed by atoms with Gasteiger partial charge in [-0.1, -0.05) is 6.92 Å². The van der Waals surface area contributed by atoms with Crippen LogP contribution in [0, 0.1) is 0 Å². The summed E-state index contributed by atoms with van der Waals surface area (Å²) in [6.45, 7) is 3.97. The van der Waals surface area contributed by atoms with Crippen LogP contribution in [0.25, 0.3) is 0 Å². The van der Waals surface area contributed by atoms with Crippen LogP contribution in [0.5, 0.6) is 0 Å². The van der Waals surface area contributed by atoms with E-state index in [1.807, 2.05) is 13.8 Å². The molecule has 1 unspecified atom stereocenters. The molecule has 0 aromatic carbocycles. The maximum absolute atomic E-state index is 9.45. The number of aliphatic hydroxyl groups excluding tert-OH is 1. The lowest BCUT2D eigenvalue weighted by atomic mass is 10.1. The molecular formula is C7H16O2S. The standard InChI is InChI=1S/C7H16O2S/c1-3-7(2,9)6-10-5-4-8/h8-9H,3-6H2,1-2H3. The van der Waals surface area contributed by atoms with Crippen LogP contribution < -0.4 is 0 Å². The average Bonchev–Trinajstić information content (AvgIpc) is 1.89. The first-order valence-electron chi connectivity index (χ1n) is 3.53. The number of aliphatic hydroxyl groups is 2. The highest BCUT2D eigenvalue weighted by Gasteiger charge is 2.16. The highest BCUT2D eigenvalue weighted by molar-refractivity contribution is 7.99. The normalized spacial score (nSPS) is 16.8. The van der Waals surface area contributed by atoms with E-state index >= 15 is 0 Å². The van der Waals surface area contributed by atoms with E-state index in [2.05, 4.69) is 0 Å². The Morgan fingerprint density at radius 1 is 1.50 bits per heavy atom. The third-order valence-electron chi connectivity index (χ3n) is 1.41. The molecule has 0 spiro atoms. The summed E-state index contributed by atoms with van der Waals surface area (Å²) in [5, 5.41) is 17.9. The molecule has 0 aromatic rings. The zero-order valence-corrected chi connectivity index (χ0v) is 7.45. The zero-order chi connectivity index (χ0) is 8.04. The minimum absolute atomic E-state index is 0.199. The highest BCUT2D eigenvalue weighted by atomic mass is 32.2. The Labute approximate surface area is 66.6 Å². The van der Waals surface area contributed by atoms with Crippen molar-refractivity contribution >= 4 is 11.8 Å². The molecule has 0 radical (unpaired) electrons. The van der Waals surface area contributed by atoms with Gasteiger partial charge in [-0.15, -0.1) is 0 Å². The third-order valence-corrected chi connectivity index (χ3v) is 2.71. The summed E-state index contributed by atoms with van der Waals surface area (Å²) in [5.74, 6) is 1.43. The number of rotatable bonds is 5. The summed E-state index contributed by atoms with van der Waals surface area (Å²) in [5.41, 5.74) is -0.556. The van der Waals surface area contributed by atoms with E-state index in [4.69, 9.17) is 5.11 Å². The SMILES string of the molecule is CCC(C)(O)CSCCO. The Kier molecular flexibility index (Phi) is 5.13. The maximum Gasteiger partial charge on any atom is 0.0707 e. The number of hydrogen-bond acceptors (Lipinski definition) is 3. The lowest BCUT2D eigenvalue weighted by molar-refractivity contribution is 0.0815. The second-order valence-electron chi connectivity index (χ2n) is 2.63. The van der Waals surface area contributed by atoms with Gasteiger partial charge in [0.05, 0.1) is 12.2 Å². The Hall–Kier alpha value is 0.270. The minimum atomic E-state index is -0.556. The van der Waals surface area contributed by atoms with Gasteiger partial charge in [0.15, 0.2) is 0 Å². The van der Waals surface area contributed by atoms with Gasteiger partial charge in [-0.05, 0) is 13.3 Å². The molecule has 0 bridgehead atoms. The largest absolute Gasteiger partial charge is 0.396 e. The molecule has 0 heterocycles. The van der Waals surface area contributed by atoms with Crippen molar-refractivity contribution in [1.82, 2.24) is 0 Å². The van der Waals surface area contributed by atoms with E-state index in [-0.39, 0.29) is 6.61 Å². The molecule has 2 N–H and O–H groups in total. The Bertz CT molecular complexity index is 83.7. The van der Waals surface area contributed by atoms with Crippen LogP contribution in [0.15, 0.2) is 0 Å². The van der Waals surface area contributed by atoms with Gasteiger partial charge in [-0.3, -0.25) is 0 Å². The monoisotopic (exact) mass is 164 g/mol. The third kappa shape index (κ3) is 5.09. The molecule has 10 heavy (non-hydrogen) atoms. The summed E-state index contributed by atoms with van der Waals surface area (Å²) >= 11 is 1.58. The van der Waals surface area contributed by atoms with Crippen molar-refractivity contribution in [1.29, 1.82) is 0 Å². The molecule has 0 saturated heterocycles. The van der Waals surface area contributed by atoms with Crippen molar-refractivity contribution < 1.29 is 10.2 Å². The summed E-state index contributed by atoms with van der Waals surface area (Å²) in [4.78, 5) is 0. The van der Waals surface area contributed by atoms with E-state index < -0.39 is 5.60 Å². The van der Waals surface area contributed by atoms with Gasteiger partial charge >= 0.3 is 0 Å².